The second-order valence-electron chi connectivity index (χ2n) is 5.63. The van der Waals surface area contributed by atoms with Crippen LogP contribution in [0.15, 0.2) is 18.2 Å². The Bertz CT molecular complexity index is 507. The van der Waals surface area contributed by atoms with Crippen LogP contribution in [0.2, 0.25) is 0 Å². The van der Waals surface area contributed by atoms with Crippen molar-refractivity contribution in [2.45, 2.75) is 32.7 Å². The molecule has 2 unspecified atom stereocenters. The lowest BCUT2D eigenvalue weighted by Gasteiger charge is -2.24. The van der Waals surface area contributed by atoms with Crippen LogP contribution in [0.3, 0.4) is 0 Å². The Hall–Kier alpha value is -1.82. The largest absolute Gasteiger partial charge is 0.493 e. The first-order chi connectivity index (χ1) is 10.0. The smallest absolute Gasteiger partial charge is 0.275 e. The van der Waals surface area contributed by atoms with Crippen LogP contribution >= 0.6 is 0 Å². The Morgan fingerprint density at radius 1 is 1.48 bits per heavy atom. The summed E-state index contributed by atoms with van der Waals surface area (Å²) in [6.07, 6.45) is 1.89. The molecule has 21 heavy (non-hydrogen) atoms. The Morgan fingerprint density at radius 3 is 2.81 bits per heavy atom. The summed E-state index contributed by atoms with van der Waals surface area (Å²) in [6, 6.07) is 5.33. The number of hydrogen-bond donors (Lipinski definition) is 1. The zero-order valence-corrected chi connectivity index (χ0v) is 12.6. The van der Waals surface area contributed by atoms with Crippen molar-refractivity contribution in [3.05, 3.63) is 28.3 Å². The van der Waals surface area contributed by atoms with Crippen LogP contribution in [-0.2, 0) is 0 Å². The number of nitro benzene ring substituents is 1. The van der Waals surface area contributed by atoms with Crippen molar-refractivity contribution in [2.75, 3.05) is 24.6 Å². The van der Waals surface area contributed by atoms with Gasteiger partial charge < -0.3 is 15.4 Å². The van der Waals surface area contributed by atoms with Crippen molar-refractivity contribution in [2.24, 2.45) is 11.7 Å². The van der Waals surface area contributed by atoms with E-state index in [2.05, 4.69) is 11.8 Å². The highest BCUT2D eigenvalue weighted by Gasteiger charge is 2.29. The molecule has 0 amide bonds. The van der Waals surface area contributed by atoms with E-state index in [4.69, 9.17) is 10.5 Å². The maximum absolute atomic E-state index is 11.1. The zero-order valence-electron chi connectivity index (χ0n) is 12.6. The summed E-state index contributed by atoms with van der Waals surface area (Å²) in [5, 5.41) is 11.1. The summed E-state index contributed by atoms with van der Waals surface area (Å²) < 4.78 is 5.58. The number of benzene rings is 1. The SMILES string of the molecule is CCCOc1cc(N2CC(CN)CC2C)cc([N+](=O)[O-])c1. The molecule has 0 aromatic heterocycles. The molecule has 0 bridgehead atoms. The van der Waals surface area contributed by atoms with E-state index < -0.39 is 0 Å². The van der Waals surface area contributed by atoms with E-state index in [1.807, 2.05) is 13.0 Å². The summed E-state index contributed by atoms with van der Waals surface area (Å²) >= 11 is 0. The summed E-state index contributed by atoms with van der Waals surface area (Å²) in [4.78, 5) is 12.9. The van der Waals surface area contributed by atoms with Crippen LogP contribution < -0.4 is 15.4 Å². The fraction of sp³-hybridized carbons (Fsp3) is 0.600. The summed E-state index contributed by atoms with van der Waals surface area (Å²) in [5.74, 6) is 1.00. The molecule has 1 aromatic rings. The molecule has 2 rings (SSSR count). The monoisotopic (exact) mass is 293 g/mol. The zero-order chi connectivity index (χ0) is 15.4. The van der Waals surface area contributed by atoms with Crippen molar-refractivity contribution in [3.8, 4) is 5.75 Å². The number of rotatable bonds is 6. The van der Waals surface area contributed by atoms with E-state index in [0.717, 1.165) is 25.1 Å². The van der Waals surface area contributed by atoms with Crippen molar-refractivity contribution in [1.82, 2.24) is 0 Å². The molecule has 1 aromatic carbocycles. The van der Waals surface area contributed by atoms with E-state index in [9.17, 15) is 10.1 Å². The van der Waals surface area contributed by atoms with Crippen LogP contribution in [0.5, 0.6) is 5.75 Å². The van der Waals surface area contributed by atoms with E-state index >= 15 is 0 Å². The molecule has 1 aliphatic heterocycles. The minimum atomic E-state index is -0.372. The Morgan fingerprint density at radius 2 is 2.24 bits per heavy atom. The fourth-order valence-corrected chi connectivity index (χ4v) is 2.82. The molecule has 2 N–H and O–H groups in total. The molecule has 2 atom stereocenters. The summed E-state index contributed by atoms with van der Waals surface area (Å²) in [6.45, 7) is 6.18. The molecule has 116 valence electrons. The standard InChI is InChI=1S/C15H23N3O3/c1-3-4-21-15-7-13(6-14(8-15)18(19)20)17-10-12(9-16)5-11(17)2/h6-8,11-12H,3-5,9-10,16H2,1-2H3. The number of nitro groups is 1. The van der Waals surface area contributed by atoms with Gasteiger partial charge in [0.15, 0.2) is 0 Å². The molecule has 1 aliphatic rings. The highest BCUT2D eigenvalue weighted by Crippen LogP contribution is 2.34. The first kappa shape index (κ1) is 15.6. The van der Waals surface area contributed by atoms with Gasteiger partial charge in [-0.3, -0.25) is 10.1 Å². The Kier molecular flexibility index (Phi) is 5.01. The predicted octanol–water partition coefficient (Wildman–Crippen LogP) is 2.56. The van der Waals surface area contributed by atoms with Gasteiger partial charge in [-0.1, -0.05) is 6.92 Å². The molecule has 1 fully saturated rings. The summed E-state index contributed by atoms with van der Waals surface area (Å²) in [5.41, 5.74) is 6.67. The fourth-order valence-electron chi connectivity index (χ4n) is 2.82. The maximum Gasteiger partial charge on any atom is 0.275 e. The number of nitrogens with two attached hydrogens (primary N) is 1. The van der Waals surface area contributed by atoms with E-state index in [1.54, 1.807) is 6.07 Å². The summed E-state index contributed by atoms with van der Waals surface area (Å²) in [7, 11) is 0. The number of anilines is 1. The van der Waals surface area contributed by atoms with Gasteiger partial charge in [0.05, 0.1) is 17.6 Å². The van der Waals surface area contributed by atoms with Crippen molar-refractivity contribution >= 4 is 11.4 Å². The number of ether oxygens (including phenoxy) is 1. The second-order valence-corrected chi connectivity index (χ2v) is 5.63. The molecule has 1 saturated heterocycles. The predicted molar refractivity (Wildman–Crippen MR) is 82.9 cm³/mol. The first-order valence-corrected chi connectivity index (χ1v) is 7.44. The van der Waals surface area contributed by atoms with Crippen molar-refractivity contribution in [1.29, 1.82) is 0 Å². The van der Waals surface area contributed by atoms with Crippen LogP contribution in [-0.4, -0.2) is 30.7 Å². The lowest BCUT2D eigenvalue weighted by molar-refractivity contribution is -0.384. The first-order valence-electron chi connectivity index (χ1n) is 7.44. The minimum absolute atomic E-state index is 0.0713. The van der Waals surface area contributed by atoms with Gasteiger partial charge in [-0.25, -0.2) is 0 Å². The maximum atomic E-state index is 11.1. The van der Waals surface area contributed by atoms with Gasteiger partial charge in [-0.2, -0.15) is 0 Å². The molecule has 6 heteroatoms. The van der Waals surface area contributed by atoms with Gasteiger partial charge in [-0.15, -0.1) is 0 Å². The lowest BCUT2D eigenvalue weighted by Crippen LogP contribution is -2.27. The van der Waals surface area contributed by atoms with Crippen molar-refractivity contribution in [3.63, 3.8) is 0 Å². The number of hydrogen-bond acceptors (Lipinski definition) is 5. The van der Waals surface area contributed by atoms with E-state index in [0.29, 0.717) is 30.9 Å². The van der Waals surface area contributed by atoms with E-state index in [1.165, 1.54) is 6.07 Å². The second kappa shape index (κ2) is 6.76. The molecule has 6 nitrogen and oxygen atoms in total. The van der Waals surface area contributed by atoms with Crippen LogP contribution in [0.1, 0.15) is 26.7 Å². The van der Waals surface area contributed by atoms with Crippen LogP contribution in [0.25, 0.3) is 0 Å². The Balaban J connectivity index is 2.29. The van der Waals surface area contributed by atoms with Gasteiger partial charge in [0.1, 0.15) is 5.75 Å². The molecule has 0 radical (unpaired) electrons. The normalized spacial score (nSPS) is 21.6. The average molecular weight is 293 g/mol. The highest BCUT2D eigenvalue weighted by molar-refractivity contribution is 5.59. The third kappa shape index (κ3) is 3.64. The molecule has 0 aliphatic carbocycles. The van der Waals surface area contributed by atoms with Gasteiger partial charge >= 0.3 is 0 Å². The number of nitrogens with zero attached hydrogens (tertiary/aromatic N) is 2. The molecular weight excluding hydrogens is 270 g/mol. The van der Waals surface area contributed by atoms with Gasteiger partial charge in [0, 0.05) is 30.4 Å². The average Bonchev–Trinajstić information content (AvgIpc) is 2.86. The van der Waals surface area contributed by atoms with Gasteiger partial charge in [0.2, 0.25) is 0 Å². The van der Waals surface area contributed by atoms with Gasteiger partial charge in [-0.05, 0) is 32.2 Å². The third-order valence-electron chi connectivity index (χ3n) is 3.89. The van der Waals surface area contributed by atoms with Crippen molar-refractivity contribution < 1.29 is 9.66 Å². The topological polar surface area (TPSA) is 81.6 Å². The van der Waals surface area contributed by atoms with Crippen LogP contribution in [0.4, 0.5) is 11.4 Å². The quantitative estimate of drug-likeness (QED) is 0.644. The highest BCUT2D eigenvalue weighted by atomic mass is 16.6. The number of non-ortho nitro benzene ring substituents is 1. The lowest BCUT2D eigenvalue weighted by atomic mass is 10.1. The molecular formula is C15H23N3O3. The Labute approximate surface area is 125 Å². The minimum Gasteiger partial charge on any atom is -0.493 e. The van der Waals surface area contributed by atoms with Gasteiger partial charge in [0.25, 0.3) is 5.69 Å². The molecule has 0 spiro atoms. The van der Waals surface area contributed by atoms with E-state index in [-0.39, 0.29) is 10.6 Å². The molecule has 1 heterocycles. The third-order valence-corrected chi connectivity index (χ3v) is 3.89. The molecule has 0 saturated carbocycles. The van der Waals surface area contributed by atoms with Crippen LogP contribution in [0, 0.1) is 16.0 Å².